The van der Waals surface area contributed by atoms with Crippen LogP contribution in [0, 0.1) is 0 Å². The highest BCUT2D eigenvalue weighted by atomic mass is 16.6. The maximum atomic E-state index is 12.6. The summed E-state index contributed by atoms with van der Waals surface area (Å²) < 4.78 is 10.8. The predicted molar refractivity (Wildman–Crippen MR) is 110 cm³/mol. The largest absolute Gasteiger partial charge is 0.458 e. The number of aliphatic hydroxyl groups is 1. The second-order valence-corrected chi connectivity index (χ2v) is 8.15. The van der Waals surface area contributed by atoms with Gasteiger partial charge in [-0.15, -0.1) is 0 Å². The number of hydrogen-bond donors (Lipinski definition) is 1. The second kappa shape index (κ2) is 8.25. The zero-order valence-electron chi connectivity index (χ0n) is 17.2. The molecule has 1 amide bonds. The Hall–Kier alpha value is -2.86. The average Bonchev–Trinajstić information content (AvgIpc) is 2.99. The minimum atomic E-state index is -1.12. The van der Waals surface area contributed by atoms with Crippen molar-refractivity contribution in [2.75, 3.05) is 20.3 Å². The molecule has 1 aliphatic carbocycles. The Bertz CT molecular complexity index is 857. The van der Waals surface area contributed by atoms with Crippen LogP contribution in [0.25, 0.3) is 11.1 Å². The summed E-state index contributed by atoms with van der Waals surface area (Å²) in [6.45, 7) is 4.78. The smallest absolute Gasteiger partial charge is 0.410 e. The first-order valence-corrected chi connectivity index (χ1v) is 9.64. The predicted octanol–water partition coefficient (Wildman–Crippen LogP) is 3.57. The number of hydrogen-bond acceptors (Lipinski definition) is 5. The van der Waals surface area contributed by atoms with Crippen LogP contribution in [0.4, 0.5) is 4.79 Å². The van der Waals surface area contributed by atoms with E-state index in [1.54, 1.807) is 20.8 Å². The molecule has 0 radical (unpaired) electrons. The molecule has 0 saturated carbocycles. The van der Waals surface area contributed by atoms with Gasteiger partial charge in [-0.05, 0) is 43.0 Å². The van der Waals surface area contributed by atoms with Gasteiger partial charge in [0.1, 0.15) is 12.2 Å². The first kappa shape index (κ1) is 20.9. The van der Waals surface area contributed by atoms with Gasteiger partial charge in [0.05, 0.1) is 6.61 Å². The lowest BCUT2D eigenvalue weighted by Gasteiger charge is -2.28. The van der Waals surface area contributed by atoms with Crippen molar-refractivity contribution in [3.8, 4) is 11.1 Å². The summed E-state index contributed by atoms with van der Waals surface area (Å²) in [5.41, 5.74) is 3.77. The third-order valence-electron chi connectivity index (χ3n) is 4.94. The number of ether oxygens (including phenoxy) is 2. The molecule has 1 N–H and O–H groups in total. The van der Waals surface area contributed by atoms with Gasteiger partial charge in [-0.3, -0.25) is 4.90 Å². The van der Waals surface area contributed by atoms with E-state index in [-0.39, 0.29) is 12.5 Å². The zero-order valence-corrected chi connectivity index (χ0v) is 17.2. The summed E-state index contributed by atoms with van der Waals surface area (Å²) in [5.74, 6) is -0.745. The van der Waals surface area contributed by atoms with Crippen LogP contribution in [-0.4, -0.2) is 54.0 Å². The first-order valence-electron chi connectivity index (χ1n) is 9.64. The normalized spacial score (nSPS) is 14.0. The van der Waals surface area contributed by atoms with Crippen LogP contribution in [0.3, 0.4) is 0 Å². The van der Waals surface area contributed by atoms with E-state index in [0.717, 1.165) is 27.2 Å². The van der Waals surface area contributed by atoms with E-state index in [1.165, 1.54) is 7.05 Å². The Morgan fingerprint density at radius 3 is 2.03 bits per heavy atom. The van der Waals surface area contributed by atoms with Crippen molar-refractivity contribution in [3.05, 3.63) is 59.7 Å². The fraction of sp³-hybridized carbons (Fsp3) is 0.391. The van der Waals surface area contributed by atoms with E-state index >= 15 is 0 Å². The molecule has 0 saturated heterocycles. The molecule has 0 bridgehead atoms. The minimum absolute atomic E-state index is 0.0751. The fourth-order valence-electron chi connectivity index (χ4n) is 3.55. The summed E-state index contributed by atoms with van der Waals surface area (Å²) in [5, 5.41) is 9.60. The fourth-order valence-corrected chi connectivity index (χ4v) is 3.55. The van der Waals surface area contributed by atoms with Crippen molar-refractivity contribution in [2.45, 2.75) is 38.3 Å². The summed E-state index contributed by atoms with van der Waals surface area (Å²) >= 11 is 0. The van der Waals surface area contributed by atoms with E-state index in [0.29, 0.717) is 0 Å². The molecule has 0 fully saturated rings. The molecular weight excluding hydrogens is 370 g/mol. The summed E-state index contributed by atoms with van der Waals surface area (Å²) in [6.07, 6.45) is -0.684. The van der Waals surface area contributed by atoms with Crippen molar-refractivity contribution >= 4 is 12.1 Å². The van der Waals surface area contributed by atoms with E-state index in [4.69, 9.17) is 9.47 Å². The highest BCUT2D eigenvalue weighted by Gasteiger charge is 2.33. The van der Waals surface area contributed by atoms with E-state index in [1.807, 2.05) is 36.4 Å². The summed E-state index contributed by atoms with van der Waals surface area (Å²) in [7, 11) is 1.42. The Morgan fingerprint density at radius 1 is 1.03 bits per heavy atom. The zero-order chi connectivity index (χ0) is 21.2. The van der Waals surface area contributed by atoms with E-state index in [2.05, 4.69) is 12.1 Å². The number of fused-ring (bicyclic) bond motifs is 3. The van der Waals surface area contributed by atoms with Gasteiger partial charge in [-0.2, -0.15) is 0 Å². The molecule has 2 aromatic carbocycles. The molecule has 1 atom stereocenters. The third kappa shape index (κ3) is 4.43. The molecule has 0 spiro atoms. The Balaban J connectivity index is 1.71. The molecule has 0 heterocycles. The van der Waals surface area contributed by atoms with Crippen LogP contribution >= 0.6 is 0 Å². The number of esters is 1. The Labute approximate surface area is 171 Å². The quantitative estimate of drug-likeness (QED) is 0.781. The van der Waals surface area contributed by atoms with Crippen LogP contribution in [0.5, 0.6) is 0 Å². The monoisotopic (exact) mass is 397 g/mol. The number of carbonyl (C=O) groups excluding carboxylic acids is 2. The van der Waals surface area contributed by atoms with Gasteiger partial charge in [0.15, 0.2) is 6.04 Å². The van der Waals surface area contributed by atoms with Crippen LogP contribution < -0.4 is 0 Å². The van der Waals surface area contributed by atoms with Crippen LogP contribution in [-0.2, 0) is 14.3 Å². The summed E-state index contributed by atoms with van der Waals surface area (Å²) in [6, 6.07) is 15.0. The van der Waals surface area contributed by atoms with E-state index < -0.39 is 30.3 Å². The lowest BCUT2D eigenvalue weighted by atomic mass is 9.98. The molecule has 6 heteroatoms. The number of likely N-dealkylation sites (N-methyl/N-ethyl adjacent to an activating group) is 1. The SMILES string of the molecule is CN(C(=O)OCC1c2ccccc2-c2ccccc21)[C@@H](CO)C(=O)OC(C)(C)C. The molecular formula is C23H27NO5. The minimum Gasteiger partial charge on any atom is -0.458 e. The number of rotatable bonds is 5. The van der Waals surface area contributed by atoms with Crippen molar-refractivity contribution < 1.29 is 24.2 Å². The summed E-state index contributed by atoms with van der Waals surface area (Å²) in [4.78, 5) is 26.0. The molecule has 154 valence electrons. The lowest BCUT2D eigenvalue weighted by molar-refractivity contribution is -0.161. The van der Waals surface area contributed by atoms with Gasteiger partial charge in [-0.25, -0.2) is 9.59 Å². The van der Waals surface area contributed by atoms with Gasteiger partial charge in [0, 0.05) is 13.0 Å². The standard InChI is InChI=1S/C23H27NO5/c1-23(2,3)29-21(26)20(13-25)24(4)22(27)28-14-19-17-11-7-5-9-15(17)16-10-6-8-12-18(16)19/h5-12,19-20,25H,13-14H2,1-4H3/t20-/m0/s1. The van der Waals surface area contributed by atoms with Crippen molar-refractivity contribution in [2.24, 2.45) is 0 Å². The van der Waals surface area contributed by atoms with E-state index in [9.17, 15) is 14.7 Å². The van der Waals surface area contributed by atoms with Crippen LogP contribution in [0.15, 0.2) is 48.5 Å². The van der Waals surface area contributed by atoms with Gasteiger partial charge in [-0.1, -0.05) is 48.5 Å². The molecule has 3 rings (SSSR count). The van der Waals surface area contributed by atoms with Crippen molar-refractivity contribution in [1.82, 2.24) is 4.90 Å². The molecule has 0 unspecified atom stereocenters. The highest BCUT2D eigenvalue weighted by Crippen LogP contribution is 2.44. The molecule has 29 heavy (non-hydrogen) atoms. The van der Waals surface area contributed by atoms with Crippen LogP contribution in [0.1, 0.15) is 37.8 Å². The lowest BCUT2D eigenvalue weighted by Crippen LogP contribution is -2.47. The molecule has 1 aliphatic rings. The maximum Gasteiger partial charge on any atom is 0.410 e. The van der Waals surface area contributed by atoms with Gasteiger partial charge in [0.25, 0.3) is 0 Å². The Kier molecular flexibility index (Phi) is 5.94. The molecule has 0 aromatic heterocycles. The number of nitrogens with zero attached hydrogens (tertiary/aromatic N) is 1. The number of benzene rings is 2. The molecule has 6 nitrogen and oxygen atoms in total. The average molecular weight is 397 g/mol. The van der Waals surface area contributed by atoms with Crippen molar-refractivity contribution in [3.63, 3.8) is 0 Å². The Morgan fingerprint density at radius 2 is 1.55 bits per heavy atom. The highest BCUT2D eigenvalue weighted by molar-refractivity contribution is 5.82. The van der Waals surface area contributed by atoms with Gasteiger partial charge < -0.3 is 14.6 Å². The molecule has 2 aromatic rings. The van der Waals surface area contributed by atoms with Crippen molar-refractivity contribution in [1.29, 1.82) is 0 Å². The van der Waals surface area contributed by atoms with Crippen LogP contribution in [0.2, 0.25) is 0 Å². The maximum absolute atomic E-state index is 12.6. The second-order valence-electron chi connectivity index (χ2n) is 8.15. The van der Waals surface area contributed by atoms with Gasteiger partial charge in [0.2, 0.25) is 0 Å². The number of carbonyl (C=O) groups is 2. The first-order chi connectivity index (χ1) is 13.7. The topological polar surface area (TPSA) is 76.1 Å². The number of amides is 1. The number of aliphatic hydroxyl groups excluding tert-OH is 1. The molecule has 0 aliphatic heterocycles. The van der Waals surface area contributed by atoms with Gasteiger partial charge >= 0.3 is 12.1 Å². The third-order valence-corrected chi connectivity index (χ3v) is 4.94.